The Labute approximate surface area is 190 Å². The molecule has 0 aliphatic heterocycles. The van der Waals surface area contributed by atoms with Crippen LogP contribution in [0.3, 0.4) is 0 Å². The fraction of sp³-hybridized carbons (Fsp3) is 0.375. The molecule has 1 N–H and O–H groups in total. The van der Waals surface area contributed by atoms with Crippen LogP contribution in [0.4, 0.5) is 0 Å². The van der Waals surface area contributed by atoms with E-state index in [9.17, 15) is 9.59 Å². The maximum atomic E-state index is 13.3. The molecule has 3 aromatic rings. The van der Waals surface area contributed by atoms with E-state index >= 15 is 0 Å². The molecule has 0 unspecified atom stereocenters. The van der Waals surface area contributed by atoms with Gasteiger partial charge in [0.1, 0.15) is 11.5 Å². The molecule has 1 aliphatic rings. The molecule has 7 nitrogen and oxygen atoms in total. The number of furan rings is 1. The van der Waals surface area contributed by atoms with Crippen molar-refractivity contribution in [2.45, 2.75) is 51.1 Å². The number of ether oxygens (including phenoxy) is 1. The van der Waals surface area contributed by atoms with Gasteiger partial charge in [0.25, 0.3) is 5.91 Å². The highest BCUT2D eigenvalue weighted by molar-refractivity contribution is 7.16. The lowest BCUT2D eigenvalue weighted by Gasteiger charge is -2.23. The number of carboxylic acids is 1. The number of unbranched alkanes of at least 4 members (excludes halogenated alkanes) is 2. The number of hydrogen-bond donors (Lipinski definition) is 1. The van der Waals surface area contributed by atoms with Gasteiger partial charge in [-0.1, -0.05) is 18.2 Å². The quantitative estimate of drug-likeness (QED) is 0.377. The molecule has 1 aliphatic carbocycles. The van der Waals surface area contributed by atoms with Crippen LogP contribution in [0.2, 0.25) is 0 Å². The summed E-state index contributed by atoms with van der Waals surface area (Å²) in [6.07, 6.45) is 7.72. The van der Waals surface area contributed by atoms with Crippen molar-refractivity contribution in [2.24, 2.45) is 0 Å². The third-order valence-electron chi connectivity index (χ3n) is 5.31. The minimum Gasteiger partial charge on any atom is -0.493 e. The first kappa shape index (κ1) is 22.1. The maximum absolute atomic E-state index is 13.3. The van der Waals surface area contributed by atoms with E-state index in [1.165, 1.54) is 11.3 Å². The van der Waals surface area contributed by atoms with Crippen LogP contribution in [-0.4, -0.2) is 39.5 Å². The molecule has 1 fully saturated rings. The Morgan fingerprint density at radius 1 is 1.16 bits per heavy atom. The zero-order valence-corrected chi connectivity index (χ0v) is 18.6. The second-order valence-corrected chi connectivity index (χ2v) is 8.86. The summed E-state index contributed by atoms with van der Waals surface area (Å²) in [5, 5.41) is 9.18. The van der Waals surface area contributed by atoms with Gasteiger partial charge in [-0.05, 0) is 50.3 Å². The highest BCUT2D eigenvalue weighted by atomic mass is 32.1. The van der Waals surface area contributed by atoms with Crippen LogP contribution < -0.4 is 4.74 Å². The Bertz CT molecular complexity index is 1040. The average Bonchev–Trinajstić information content (AvgIpc) is 3.26. The summed E-state index contributed by atoms with van der Waals surface area (Å²) in [6, 6.07) is 11.7. The van der Waals surface area contributed by atoms with Crippen LogP contribution in [0.25, 0.3) is 10.6 Å². The van der Waals surface area contributed by atoms with Gasteiger partial charge in [-0.3, -0.25) is 9.59 Å². The van der Waals surface area contributed by atoms with Crippen LogP contribution >= 0.6 is 11.3 Å². The fourth-order valence-electron chi connectivity index (χ4n) is 3.48. The van der Waals surface area contributed by atoms with Crippen molar-refractivity contribution in [1.29, 1.82) is 0 Å². The molecular formula is C24H26N2O5S. The molecule has 2 aromatic heterocycles. The van der Waals surface area contributed by atoms with E-state index in [0.717, 1.165) is 41.9 Å². The lowest BCUT2D eigenvalue weighted by atomic mass is 10.1. The molecule has 0 bridgehead atoms. The van der Waals surface area contributed by atoms with E-state index in [4.69, 9.17) is 14.3 Å². The SMILES string of the molecule is O=C(O)CCCCCOc1ccccc1CN(C(=O)c1ncc(-c2ccco2)s1)C1CC1. The van der Waals surface area contributed by atoms with Crippen LogP contribution in [0.5, 0.6) is 5.75 Å². The number of thiazole rings is 1. The van der Waals surface area contributed by atoms with Gasteiger partial charge in [0.2, 0.25) is 0 Å². The predicted octanol–water partition coefficient (Wildman–Crippen LogP) is 5.23. The highest BCUT2D eigenvalue weighted by Gasteiger charge is 2.35. The van der Waals surface area contributed by atoms with Crippen LogP contribution in [0, 0.1) is 0 Å². The summed E-state index contributed by atoms with van der Waals surface area (Å²) in [5.74, 6) is 0.637. The first-order chi connectivity index (χ1) is 15.6. The Balaban J connectivity index is 1.39. The van der Waals surface area contributed by atoms with E-state index < -0.39 is 5.97 Å². The summed E-state index contributed by atoms with van der Waals surface area (Å²) in [4.78, 5) is 30.9. The molecule has 0 atom stereocenters. The summed E-state index contributed by atoms with van der Waals surface area (Å²) < 4.78 is 11.4. The molecule has 4 rings (SSSR count). The van der Waals surface area contributed by atoms with Gasteiger partial charge < -0.3 is 19.2 Å². The Morgan fingerprint density at radius 2 is 2.00 bits per heavy atom. The number of carboxylic acid groups (broad SMARTS) is 1. The summed E-state index contributed by atoms with van der Waals surface area (Å²) >= 11 is 1.34. The van der Waals surface area contributed by atoms with Gasteiger partial charge in [-0.25, -0.2) is 4.98 Å². The zero-order chi connectivity index (χ0) is 22.3. The number of carbonyl (C=O) groups is 2. The molecule has 2 heterocycles. The van der Waals surface area contributed by atoms with Crippen molar-refractivity contribution >= 4 is 23.2 Å². The number of benzene rings is 1. The van der Waals surface area contributed by atoms with Crippen LogP contribution in [-0.2, 0) is 11.3 Å². The first-order valence-electron chi connectivity index (χ1n) is 10.8. The van der Waals surface area contributed by atoms with E-state index in [0.29, 0.717) is 30.3 Å². The second kappa shape index (κ2) is 10.5. The summed E-state index contributed by atoms with van der Waals surface area (Å²) in [7, 11) is 0. The molecule has 32 heavy (non-hydrogen) atoms. The van der Waals surface area contributed by atoms with Crippen molar-refractivity contribution in [3.63, 3.8) is 0 Å². The number of carbonyl (C=O) groups excluding carboxylic acids is 1. The molecule has 0 radical (unpaired) electrons. The number of aliphatic carboxylic acids is 1. The van der Waals surface area contributed by atoms with Gasteiger partial charge in [-0.2, -0.15) is 0 Å². The number of amides is 1. The van der Waals surface area contributed by atoms with E-state index in [1.54, 1.807) is 12.5 Å². The average molecular weight is 455 g/mol. The van der Waals surface area contributed by atoms with Gasteiger partial charge in [-0.15, -0.1) is 11.3 Å². The number of para-hydroxylation sites is 1. The van der Waals surface area contributed by atoms with E-state index in [2.05, 4.69) is 4.98 Å². The van der Waals surface area contributed by atoms with Crippen molar-refractivity contribution in [3.8, 4) is 16.4 Å². The smallest absolute Gasteiger partial charge is 0.303 e. The maximum Gasteiger partial charge on any atom is 0.303 e. The van der Waals surface area contributed by atoms with Gasteiger partial charge in [0.15, 0.2) is 5.01 Å². The molecular weight excluding hydrogens is 428 g/mol. The first-order valence-corrected chi connectivity index (χ1v) is 11.7. The fourth-order valence-corrected chi connectivity index (χ4v) is 4.32. The molecule has 168 valence electrons. The van der Waals surface area contributed by atoms with Crippen molar-refractivity contribution in [3.05, 3.63) is 59.4 Å². The lowest BCUT2D eigenvalue weighted by molar-refractivity contribution is -0.137. The zero-order valence-electron chi connectivity index (χ0n) is 17.7. The molecule has 1 aromatic carbocycles. The van der Waals surface area contributed by atoms with Crippen LogP contribution in [0.1, 0.15) is 53.9 Å². The second-order valence-electron chi connectivity index (χ2n) is 7.83. The van der Waals surface area contributed by atoms with Gasteiger partial charge >= 0.3 is 5.97 Å². The molecule has 0 saturated heterocycles. The van der Waals surface area contributed by atoms with Crippen LogP contribution in [0.15, 0.2) is 53.3 Å². The van der Waals surface area contributed by atoms with Gasteiger partial charge in [0, 0.05) is 30.8 Å². The molecule has 0 spiro atoms. The van der Waals surface area contributed by atoms with Crippen molar-refractivity contribution < 1.29 is 23.8 Å². The standard InChI is InChI=1S/C24H26N2O5S/c27-22(28)10-2-1-5-13-30-19-8-4-3-7-17(19)16-26(18-11-12-18)24(29)23-25-15-21(32-23)20-9-6-14-31-20/h3-4,6-9,14-15,18H,1-2,5,10-13,16H2,(H,27,28). The number of aromatic nitrogens is 1. The predicted molar refractivity (Wildman–Crippen MR) is 121 cm³/mol. The highest BCUT2D eigenvalue weighted by Crippen LogP contribution is 2.34. The third kappa shape index (κ3) is 5.76. The van der Waals surface area contributed by atoms with Crippen molar-refractivity contribution in [1.82, 2.24) is 9.88 Å². The summed E-state index contributed by atoms with van der Waals surface area (Å²) in [6.45, 7) is 0.987. The minimum absolute atomic E-state index is 0.0706. The van der Waals surface area contributed by atoms with E-state index in [-0.39, 0.29) is 18.4 Å². The molecule has 1 amide bonds. The minimum atomic E-state index is -0.766. The topological polar surface area (TPSA) is 92.9 Å². The number of rotatable bonds is 12. The number of hydrogen-bond acceptors (Lipinski definition) is 6. The van der Waals surface area contributed by atoms with E-state index in [1.807, 2.05) is 41.3 Å². The molecule has 8 heteroatoms. The largest absolute Gasteiger partial charge is 0.493 e. The normalized spacial score (nSPS) is 13.1. The molecule has 1 saturated carbocycles. The lowest BCUT2D eigenvalue weighted by Crippen LogP contribution is -2.32. The third-order valence-corrected chi connectivity index (χ3v) is 6.31. The summed E-state index contributed by atoms with van der Waals surface area (Å²) in [5.41, 5.74) is 0.959. The number of nitrogens with zero attached hydrogens (tertiary/aromatic N) is 2. The Morgan fingerprint density at radius 3 is 2.75 bits per heavy atom. The Hall–Kier alpha value is -3.13. The monoisotopic (exact) mass is 454 g/mol. The van der Waals surface area contributed by atoms with Gasteiger partial charge in [0.05, 0.1) is 17.7 Å². The van der Waals surface area contributed by atoms with Crippen molar-refractivity contribution in [2.75, 3.05) is 6.61 Å². The Kier molecular flexibility index (Phi) is 7.21.